The van der Waals surface area contributed by atoms with E-state index in [1.54, 1.807) is 16.2 Å². The van der Waals surface area contributed by atoms with Crippen molar-refractivity contribution in [2.45, 2.75) is 33.9 Å². The fourth-order valence-corrected chi connectivity index (χ4v) is 4.59. The zero-order valence-corrected chi connectivity index (χ0v) is 18.0. The van der Waals surface area contributed by atoms with Crippen molar-refractivity contribution in [2.75, 3.05) is 19.3 Å². The Balaban J connectivity index is 2.20. The van der Waals surface area contributed by atoms with Crippen LogP contribution in [0.2, 0.25) is 0 Å². The van der Waals surface area contributed by atoms with E-state index in [4.69, 9.17) is 0 Å². The van der Waals surface area contributed by atoms with Gasteiger partial charge in [-0.15, -0.1) is 11.3 Å². The summed E-state index contributed by atoms with van der Waals surface area (Å²) >= 11 is 1.65. The summed E-state index contributed by atoms with van der Waals surface area (Å²) in [5.74, 6) is -0.0361. The van der Waals surface area contributed by atoms with Crippen LogP contribution >= 0.6 is 11.3 Å². The van der Waals surface area contributed by atoms with E-state index in [0.717, 1.165) is 16.7 Å². The maximum atomic E-state index is 13.0. The number of thiophene rings is 1. The molecule has 0 saturated carbocycles. The summed E-state index contributed by atoms with van der Waals surface area (Å²) < 4.78 is 25.5. The molecule has 5 nitrogen and oxygen atoms in total. The molecule has 2 aromatic rings. The summed E-state index contributed by atoms with van der Waals surface area (Å²) in [7, 11) is -3.44. The van der Waals surface area contributed by atoms with Crippen LogP contribution in [0.5, 0.6) is 0 Å². The molecule has 2 rings (SSSR count). The predicted molar refractivity (Wildman–Crippen MR) is 111 cm³/mol. The summed E-state index contributed by atoms with van der Waals surface area (Å²) in [5.41, 5.74) is 1.02. The molecular formula is C20H28N2O3S2. The molecule has 27 heavy (non-hydrogen) atoms. The number of amides is 1. The van der Waals surface area contributed by atoms with Crippen LogP contribution in [-0.2, 0) is 27.9 Å². The Morgan fingerprint density at radius 1 is 1.07 bits per heavy atom. The standard InChI is InChI=1S/C20H28N2O3S2/c1-16(2)12-22(27(4,24)25)15-20(23)21(13-18-8-6-5-7-9-18)14-19-11-10-17(3)26-19/h5-11,16H,12-15H2,1-4H3. The molecule has 0 radical (unpaired) electrons. The quantitative estimate of drug-likeness (QED) is 0.638. The number of hydrogen-bond acceptors (Lipinski definition) is 4. The molecule has 1 amide bonds. The fourth-order valence-electron chi connectivity index (χ4n) is 2.77. The van der Waals surface area contributed by atoms with Crippen LogP contribution in [0, 0.1) is 12.8 Å². The molecule has 0 unspecified atom stereocenters. The molecule has 7 heteroatoms. The Bertz CT molecular complexity index is 845. The van der Waals surface area contributed by atoms with Gasteiger partial charge in [0.25, 0.3) is 0 Å². The van der Waals surface area contributed by atoms with Gasteiger partial charge in [-0.3, -0.25) is 4.79 Å². The molecule has 148 valence electrons. The first-order chi connectivity index (χ1) is 12.6. The lowest BCUT2D eigenvalue weighted by Gasteiger charge is -2.27. The van der Waals surface area contributed by atoms with E-state index in [2.05, 4.69) is 0 Å². The van der Waals surface area contributed by atoms with Crippen LogP contribution < -0.4 is 0 Å². The first kappa shape index (κ1) is 21.6. The minimum absolute atomic E-state index is 0.131. The highest BCUT2D eigenvalue weighted by Gasteiger charge is 2.24. The van der Waals surface area contributed by atoms with Crippen molar-refractivity contribution in [1.82, 2.24) is 9.21 Å². The molecule has 0 fully saturated rings. The van der Waals surface area contributed by atoms with Gasteiger partial charge in [0, 0.05) is 22.8 Å². The molecule has 0 spiro atoms. The molecule has 1 heterocycles. The smallest absolute Gasteiger partial charge is 0.238 e. The van der Waals surface area contributed by atoms with Gasteiger partial charge in [-0.2, -0.15) is 4.31 Å². The van der Waals surface area contributed by atoms with Crippen molar-refractivity contribution in [3.8, 4) is 0 Å². The second kappa shape index (κ2) is 9.48. The van der Waals surface area contributed by atoms with Gasteiger partial charge in [0.15, 0.2) is 0 Å². The Hall–Kier alpha value is -1.70. The van der Waals surface area contributed by atoms with Gasteiger partial charge < -0.3 is 4.90 Å². The number of hydrogen-bond donors (Lipinski definition) is 0. The van der Waals surface area contributed by atoms with Crippen molar-refractivity contribution >= 4 is 27.3 Å². The lowest BCUT2D eigenvalue weighted by Crippen LogP contribution is -2.43. The summed E-state index contributed by atoms with van der Waals surface area (Å²) in [6, 6.07) is 13.8. The topological polar surface area (TPSA) is 57.7 Å². The predicted octanol–water partition coefficient (Wildman–Crippen LogP) is 3.50. The third-order valence-electron chi connectivity index (χ3n) is 4.06. The highest BCUT2D eigenvalue weighted by atomic mass is 32.2. The molecule has 0 aliphatic heterocycles. The average Bonchev–Trinajstić information content (AvgIpc) is 2.98. The number of aryl methyl sites for hydroxylation is 1. The summed E-state index contributed by atoms with van der Waals surface area (Å²) in [5, 5.41) is 0. The van der Waals surface area contributed by atoms with E-state index in [9.17, 15) is 13.2 Å². The van der Waals surface area contributed by atoms with Crippen LogP contribution in [0.1, 0.15) is 29.2 Å². The van der Waals surface area contributed by atoms with E-state index in [0.29, 0.717) is 19.6 Å². The molecule has 1 aromatic heterocycles. The van der Waals surface area contributed by atoms with Crippen LogP contribution in [0.25, 0.3) is 0 Å². The van der Waals surface area contributed by atoms with Crippen molar-refractivity contribution in [3.63, 3.8) is 0 Å². The van der Waals surface area contributed by atoms with Gasteiger partial charge in [0.05, 0.1) is 19.3 Å². The zero-order chi connectivity index (χ0) is 20.0. The van der Waals surface area contributed by atoms with E-state index in [-0.39, 0.29) is 18.4 Å². The van der Waals surface area contributed by atoms with Crippen LogP contribution in [0.15, 0.2) is 42.5 Å². The Labute approximate surface area is 166 Å². The summed E-state index contributed by atoms with van der Waals surface area (Å²) in [6.07, 6.45) is 1.16. The average molecular weight is 409 g/mol. The fraction of sp³-hybridized carbons (Fsp3) is 0.450. The largest absolute Gasteiger partial charge is 0.332 e. The molecule has 0 saturated heterocycles. The number of nitrogens with zero attached hydrogens (tertiary/aromatic N) is 2. The Morgan fingerprint density at radius 2 is 1.74 bits per heavy atom. The minimum atomic E-state index is -3.44. The van der Waals surface area contributed by atoms with E-state index in [1.165, 1.54) is 9.18 Å². The van der Waals surface area contributed by atoms with Gasteiger partial charge >= 0.3 is 0 Å². The molecule has 0 atom stereocenters. The van der Waals surface area contributed by atoms with Gasteiger partial charge in [-0.05, 0) is 30.5 Å². The van der Waals surface area contributed by atoms with Crippen molar-refractivity contribution in [3.05, 3.63) is 57.8 Å². The van der Waals surface area contributed by atoms with Crippen LogP contribution in [0.4, 0.5) is 0 Å². The monoisotopic (exact) mass is 408 g/mol. The van der Waals surface area contributed by atoms with E-state index >= 15 is 0 Å². The number of carbonyl (C=O) groups is 1. The summed E-state index contributed by atoms with van der Waals surface area (Å²) in [6.45, 7) is 7.06. The maximum Gasteiger partial charge on any atom is 0.238 e. The van der Waals surface area contributed by atoms with Crippen molar-refractivity contribution in [2.24, 2.45) is 5.92 Å². The number of sulfonamides is 1. The second-order valence-corrected chi connectivity index (χ2v) is 10.6. The number of rotatable bonds is 9. The third-order valence-corrected chi connectivity index (χ3v) is 6.26. The van der Waals surface area contributed by atoms with Crippen molar-refractivity contribution in [1.29, 1.82) is 0 Å². The second-order valence-electron chi connectivity index (χ2n) is 7.20. The summed E-state index contributed by atoms with van der Waals surface area (Å²) in [4.78, 5) is 17.0. The Morgan fingerprint density at radius 3 is 2.26 bits per heavy atom. The highest BCUT2D eigenvalue weighted by Crippen LogP contribution is 2.19. The number of benzene rings is 1. The molecule has 1 aromatic carbocycles. The zero-order valence-electron chi connectivity index (χ0n) is 16.4. The molecule has 0 aliphatic carbocycles. The van der Waals surface area contributed by atoms with E-state index in [1.807, 2.05) is 63.2 Å². The third kappa shape index (κ3) is 7.08. The molecule has 0 N–H and O–H groups in total. The Kier molecular flexibility index (Phi) is 7.59. The normalized spacial score (nSPS) is 11.9. The maximum absolute atomic E-state index is 13.0. The number of carbonyl (C=O) groups excluding carboxylic acids is 1. The van der Waals surface area contributed by atoms with Gasteiger partial charge in [0.2, 0.25) is 15.9 Å². The highest BCUT2D eigenvalue weighted by molar-refractivity contribution is 7.88. The SMILES string of the molecule is Cc1ccc(CN(Cc2ccccc2)C(=O)CN(CC(C)C)S(C)(=O)=O)s1. The molecular weight excluding hydrogens is 380 g/mol. The van der Waals surface area contributed by atoms with Gasteiger partial charge in [-0.25, -0.2) is 8.42 Å². The molecule has 0 bridgehead atoms. The van der Waals surface area contributed by atoms with Crippen LogP contribution in [-0.4, -0.2) is 42.9 Å². The van der Waals surface area contributed by atoms with Gasteiger partial charge in [-0.1, -0.05) is 44.2 Å². The lowest BCUT2D eigenvalue weighted by atomic mass is 10.2. The van der Waals surface area contributed by atoms with E-state index < -0.39 is 10.0 Å². The van der Waals surface area contributed by atoms with Gasteiger partial charge in [0.1, 0.15) is 0 Å². The minimum Gasteiger partial charge on any atom is -0.332 e. The first-order valence-electron chi connectivity index (χ1n) is 8.97. The van der Waals surface area contributed by atoms with Crippen molar-refractivity contribution < 1.29 is 13.2 Å². The lowest BCUT2D eigenvalue weighted by molar-refractivity contribution is -0.132. The first-order valence-corrected chi connectivity index (χ1v) is 11.6. The van der Waals surface area contributed by atoms with Crippen LogP contribution in [0.3, 0.4) is 0 Å². The molecule has 0 aliphatic rings.